The van der Waals surface area contributed by atoms with E-state index in [0.717, 1.165) is 0 Å². The van der Waals surface area contributed by atoms with Crippen LogP contribution >= 0.6 is 0 Å². The van der Waals surface area contributed by atoms with Crippen molar-refractivity contribution in [2.24, 2.45) is 5.41 Å². The quantitative estimate of drug-likeness (QED) is 0.406. The fourth-order valence-electron chi connectivity index (χ4n) is 2.67. The SMILES string of the molecule is CC#CCOc1ccc(S(=O)CC2(C(=O)NO)CCNCC2)cc1. The van der Waals surface area contributed by atoms with Crippen molar-refractivity contribution >= 4 is 16.7 Å². The zero-order valence-electron chi connectivity index (χ0n) is 13.6. The molecule has 7 heteroatoms. The number of hydrogen-bond acceptors (Lipinski definition) is 5. The Morgan fingerprint density at radius 2 is 2.04 bits per heavy atom. The van der Waals surface area contributed by atoms with Crippen molar-refractivity contribution in [3.63, 3.8) is 0 Å². The van der Waals surface area contributed by atoms with E-state index in [1.165, 1.54) is 0 Å². The van der Waals surface area contributed by atoms with E-state index in [2.05, 4.69) is 17.2 Å². The number of rotatable bonds is 6. The second-order valence-electron chi connectivity index (χ2n) is 5.65. The highest BCUT2D eigenvalue weighted by Gasteiger charge is 2.41. The van der Waals surface area contributed by atoms with Crippen LogP contribution < -0.4 is 15.5 Å². The minimum atomic E-state index is -1.34. The molecular weight excluding hydrogens is 328 g/mol. The molecule has 1 aliphatic heterocycles. The van der Waals surface area contributed by atoms with E-state index in [0.29, 0.717) is 43.2 Å². The number of amides is 1. The van der Waals surface area contributed by atoms with Gasteiger partial charge in [0.1, 0.15) is 12.4 Å². The smallest absolute Gasteiger partial charge is 0.250 e. The molecule has 3 N–H and O–H groups in total. The third kappa shape index (κ3) is 4.57. The number of carbonyl (C=O) groups is 1. The fourth-order valence-corrected chi connectivity index (χ4v) is 4.20. The zero-order chi connectivity index (χ0) is 17.4. The molecule has 1 heterocycles. The highest BCUT2D eigenvalue weighted by atomic mass is 32.2. The zero-order valence-corrected chi connectivity index (χ0v) is 14.4. The van der Waals surface area contributed by atoms with Gasteiger partial charge in [0.05, 0.1) is 16.2 Å². The lowest BCUT2D eigenvalue weighted by Gasteiger charge is -2.34. The van der Waals surface area contributed by atoms with Crippen LogP contribution in [0.15, 0.2) is 29.2 Å². The molecule has 0 saturated carbocycles. The van der Waals surface area contributed by atoms with Crippen LogP contribution in [0, 0.1) is 17.3 Å². The van der Waals surface area contributed by atoms with Crippen molar-refractivity contribution in [3.8, 4) is 17.6 Å². The molecule has 1 aliphatic rings. The van der Waals surface area contributed by atoms with Crippen molar-refractivity contribution in [2.45, 2.75) is 24.7 Å². The molecule has 0 bridgehead atoms. The average molecular weight is 350 g/mol. The number of hydroxylamine groups is 1. The van der Waals surface area contributed by atoms with E-state index in [1.807, 2.05) is 0 Å². The first kappa shape index (κ1) is 18.5. The van der Waals surface area contributed by atoms with Gasteiger partial charge in [-0.2, -0.15) is 0 Å². The summed E-state index contributed by atoms with van der Waals surface area (Å²) >= 11 is 0. The summed E-state index contributed by atoms with van der Waals surface area (Å²) in [5, 5.41) is 12.2. The van der Waals surface area contributed by atoms with Gasteiger partial charge in [-0.25, -0.2) is 5.48 Å². The summed E-state index contributed by atoms with van der Waals surface area (Å²) in [4.78, 5) is 12.7. The maximum atomic E-state index is 12.7. The monoisotopic (exact) mass is 350 g/mol. The summed E-state index contributed by atoms with van der Waals surface area (Å²) in [6, 6.07) is 6.95. The van der Waals surface area contributed by atoms with Gasteiger partial charge in [0.2, 0.25) is 0 Å². The molecule has 24 heavy (non-hydrogen) atoms. The van der Waals surface area contributed by atoms with Crippen molar-refractivity contribution in [1.29, 1.82) is 0 Å². The predicted molar refractivity (Wildman–Crippen MR) is 91.1 cm³/mol. The number of carbonyl (C=O) groups excluding carboxylic acids is 1. The molecule has 6 nitrogen and oxygen atoms in total. The van der Waals surface area contributed by atoms with E-state index in [4.69, 9.17) is 9.94 Å². The molecule has 130 valence electrons. The van der Waals surface area contributed by atoms with E-state index in [1.54, 1.807) is 36.7 Å². The Balaban J connectivity index is 2.06. The molecule has 1 atom stereocenters. The molecule has 0 aromatic heterocycles. The van der Waals surface area contributed by atoms with Crippen LogP contribution in [-0.4, -0.2) is 40.8 Å². The predicted octanol–water partition coefficient (Wildman–Crippen LogP) is 1.07. The summed E-state index contributed by atoms with van der Waals surface area (Å²) in [5.74, 6) is 5.93. The van der Waals surface area contributed by atoms with Crippen molar-refractivity contribution < 1.29 is 18.9 Å². The van der Waals surface area contributed by atoms with E-state index >= 15 is 0 Å². The van der Waals surface area contributed by atoms with Gasteiger partial charge in [0.25, 0.3) is 5.91 Å². The Morgan fingerprint density at radius 3 is 2.62 bits per heavy atom. The largest absolute Gasteiger partial charge is 0.481 e. The van der Waals surface area contributed by atoms with E-state index in [-0.39, 0.29) is 5.75 Å². The van der Waals surface area contributed by atoms with Gasteiger partial charge < -0.3 is 10.1 Å². The molecular formula is C17H22N2O4S. The summed E-state index contributed by atoms with van der Waals surface area (Å²) in [7, 11) is -1.34. The standard InChI is InChI=1S/C17H22N2O4S/c1-2-3-12-23-14-4-6-15(7-5-14)24(22)13-17(16(20)19-21)8-10-18-11-9-17/h4-7,18,21H,8-13H2,1H3,(H,19,20). The maximum absolute atomic E-state index is 12.7. The molecule has 1 aromatic carbocycles. The van der Waals surface area contributed by atoms with Crippen molar-refractivity contribution in [2.75, 3.05) is 25.4 Å². The molecule has 1 aromatic rings. The Bertz CT molecular complexity index is 643. The first-order chi connectivity index (χ1) is 11.6. The molecule has 0 radical (unpaired) electrons. The molecule has 0 spiro atoms. The lowest BCUT2D eigenvalue weighted by atomic mass is 9.80. The highest BCUT2D eigenvalue weighted by Crippen LogP contribution is 2.32. The summed E-state index contributed by atoms with van der Waals surface area (Å²) < 4.78 is 18.1. The van der Waals surface area contributed by atoms with Crippen LogP contribution in [0.5, 0.6) is 5.75 Å². The summed E-state index contributed by atoms with van der Waals surface area (Å²) in [6.07, 6.45) is 1.09. The van der Waals surface area contributed by atoms with E-state index < -0.39 is 22.1 Å². The van der Waals surface area contributed by atoms with Crippen LogP contribution in [-0.2, 0) is 15.6 Å². The Morgan fingerprint density at radius 1 is 1.38 bits per heavy atom. The number of piperidine rings is 1. The highest BCUT2D eigenvalue weighted by molar-refractivity contribution is 7.85. The van der Waals surface area contributed by atoms with Gasteiger partial charge in [-0.05, 0) is 57.1 Å². The van der Waals surface area contributed by atoms with Gasteiger partial charge in [-0.1, -0.05) is 5.92 Å². The third-order valence-corrected chi connectivity index (χ3v) is 5.74. The van der Waals surface area contributed by atoms with Crippen LogP contribution in [0.1, 0.15) is 19.8 Å². The first-order valence-electron chi connectivity index (χ1n) is 7.77. The number of hydrogen-bond donors (Lipinski definition) is 3. The van der Waals surface area contributed by atoms with E-state index in [9.17, 15) is 9.00 Å². The third-order valence-electron chi connectivity index (χ3n) is 4.13. The second kappa shape index (κ2) is 8.83. The van der Waals surface area contributed by atoms with Gasteiger partial charge in [0.15, 0.2) is 0 Å². The molecule has 1 fully saturated rings. The first-order valence-corrected chi connectivity index (χ1v) is 9.09. The minimum Gasteiger partial charge on any atom is -0.481 e. The number of ether oxygens (including phenoxy) is 1. The molecule has 1 amide bonds. The topological polar surface area (TPSA) is 87.7 Å². The lowest BCUT2D eigenvalue weighted by molar-refractivity contribution is -0.140. The maximum Gasteiger partial charge on any atom is 0.250 e. The van der Waals surface area contributed by atoms with Crippen molar-refractivity contribution in [1.82, 2.24) is 10.8 Å². The van der Waals surface area contributed by atoms with Crippen LogP contribution in [0.25, 0.3) is 0 Å². The van der Waals surface area contributed by atoms with Crippen LogP contribution in [0.3, 0.4) is 0 Å². The normalized spacial score (nSPS) is 17.2. The van der Waals surface area contributed by atoms with Gasteiger partial charge in [0, 0.05) is 10.6 Å². The van der Waals surface area contributed by atoms with Crippen LogP contribution in [0.2, 0.25) is 0 Å². The van der Waals surface area contributed by atoms with Gasteiger partial charge >= 0.3 is 0 Å². The summed E-state index contributed by atoms with van der Waals surface area (Å²) in [5.41, 5.74) is 0.927. The number of benzene rings is 1. The van der Waals surface area contributed by atoms with Crippen LogP contribution in [0.4, 0.5) is 0 Å². The van der Waals surface area contributed by atoms with Crippen molar-refractivity contribution in [3.05, 3.63) is 24.3 Å². The minimum absolute atomic E-state index is 0.183. The Labute approximate surface area is 144 Å². The molecule has 1 unspecified atom stereocenters. The Hall–Kier alpha value is -1.88. The Kier molecular flexibility index (Phi) is 6.79. The second-order valence-corrected chi connectivity index (χ2v) is 7.10. The summed E-state index contributed by atoms with van der Waals surface area (Å²) in [6.45, 7) is 3.38. The van der Waals surface area contributed by atoms with Gasteiger partial charge in [-0.3, -0.25) is 14.2 Å². The average Bonchev–Trinajstić information content (AvgIpc) is 2.62. The fraction of sp³-hybridized carbons (Fsp3) is 0.471. The molecule has 1 saturated heterocycles. The number of nitrogens with one attached hydrogen (secondary N) is 2. The van der Waals surface area contributed by atoms with Gasteiger partial charge in [-0.15, -0.1) is 5.92 Å². The molecule has 0 aliphatic carbocycles. The lowest BCUT2D eigenvalue weighted by Crippen LogP contribution is -2.49. The molecule has 2 rings (SSSR count).